The summed E-state index contributed by atoms with van der Waals surface area (Å²) < 4.78 is 1.99. The van der Waals surface area contributed by atoms with Gasteiger partial charge >= 0.3 is 0 Å². The second-order valence-corrected chi connectivity index (χ2v) is 6.84. The molecule has 1 aromatic heterocycles. The number of aryl methyl sites for hydroxylation is 1. The molecule has 1 N–H and O–H groups in total. The van der Waals surface area contributed by atoms with Crippen molar-refractivity contribution in [3.8, 4) is 0 Å². The second-order valence-electron chi connectivity index (χ2n) is 6.84. The molecule has 0 spiro atoms. The van der Waals surface area contributed by atoms with E-state index in [0.717, 1.165) is 31.4 Å². The van der Waals surface area contributed by atoms with Crippen LogP contribution in [0.5, 0.6) is 0 Å². The largest absolute Gasteiger partial charge is 0.312 e. The number of rotatable bonds is 5. The van der Waals surface area contributed by atoms with Crippen molar-refractivity contribution in [2.75, 3.05) is 19.6 Å². The first-order chi connectivity index (χ1) is 9.48. The predicted molar refractivity (Wildman–Crippen MR) is 81.5 cm³/mol. The van der Waals surface area contributed by atoms with Gasteiger partial charge in [0.15, 0.2) is 0 Å². The quantitative estimate of drug-likeness (QED) is 0.894. The Morgan fingerprint density at radius 1 is 1.30 bits per heavy atom. The van der Waals surface area contributed by atoms with E-state index >= 15 is 0 Å². The summed E-state index contributed by atoms with van der Waals surface area (Å²) >= 11 is 0. The molecule has 20 heavy (non-hydrogen) atoms. The number of nitrogens with zero attached hydrogens (tertiary/aromatic N) is 4. The highest BCUT2D eigenvalue weighted by atomic mass is 15.3. The Kier molecular flexibility index (Phi) is 5.16. The molecule has 5 heteroatoms. The SMILES string of the molecule is CCn1ncnc1CN1CCC(CNC(C)(C)C)CC1. The summed E-state index contributed by atoms with van der Waals surface area (Å²) in [5, 5.41) is 7.87. The summed E-state index contributed by atoms with van der Waals surface area (Å²) in [4.78, 5) is 6.87. The fraction of sp³-hybridized carbons (Fsp3) is 0.867. The van der Waals surface area contributed by atoms with Gasteiger partial charge in [0.05, 0.1) is 6.54 Å². The maximum absolute atomic E-state index is 4.37. The molecule has 1 aliphatic heterocycles. The molecule has 0 amide bonds. The highest BCUT2D eigenvalue weighted by Gasteiger charge is 2.21. The van der Waals surface area contributed by atoms with Crippen LogP contribution in [0.4, 0.5) is 0 Å². The molecule has 5 nitrogen and oxygen atoms in total. The first-order valence-electron chi connectivity index (χ1n) is 7.82. The van der Waals surface area contributed by atoms with Gasteiger partial charge in [0.1, 0.15) is 12.2 Å². The van der Waals surface area contributed by atoms with Crippen molar-refractivity contribution < 1.29 is 0 Å². The van der Waals surface area contributed by atoms with Crippen LogP contribution >= 0.6 is 0 Å². The minimum Gasteiger partial charge on any atom is -0.312 e. The zero-order valence-electron chi connectivity index (χ0n) is 13.4. The van der Waals surface area contributed by atoms with Gasteiger partial charge in [-0.3, -0.25) is 4.90 Å². The lowest BCUT2D eigenvalue weighted by Crippen LogP contribution is -2.42. The highest BCUT2D eigenvalue weighted by molar-refractivity contribution is 4.86. The van der Waals surface area contributed by atoms with Crippen LogP contribution in [-0.2, 0) is 13.1 Å². The monoisotopic (exact) mass is 279 g/mol. The summed E-state index contributed by atoms with van der Waals surface area (Å²) in [6.07, 6.45) is 4.23. The number of piperidine rings is 1. The number of hydrogen-bond donors (Lipinski definition) is 1. The van der Waals surface area contributed by atoms with E-state index < -0.39 is 0 Å². The normalized spacial score (nSPS) is 18.6. The van der Waals surface area contributed by atoms with Crippen molar-refractivity contribution in [3.63, 3.8) is 0 Å². The zero-order chi connectivity index (χ0) is 14.6. The van der Waals surface area contributed by atoms with Crippen LogP contribution in [0, 0.1) is 5.92 Å². The summed E-state index contributed by atoms with van der Waals surface area (Å²) in [6, 6.07) is 0. The van der Waals surface area contributed by atoms with Crippen molar-refractivity contribution in [3.05, 3.63) is 12.2 Å². The Bertz CT molecular complexity index is 399. The molecule has 2 rings (SSSR count). The molecule has 1 saturated heterocycles. The van der Waals surface area contributed by atoms with Crippen LogP contribution in [-0.4, -0.2) is 44.8 Å². The molecule has 0 bridgehead atoms. The average molecular weight is 279 g/mol. The van der Waals surface area contributed by atoms with Crippen molar-refractivity contribution in [1.29, 1.82) is 0 Å². The van der Waals surface area contributed by atoms with E-state index in [4.69, 9.17) is 0 Å². The van der Waals surface area contributed by atoms with Gasteiger partial charge in [-0.1, -0.05) is 0 Å². The first-order valence-corrected chi connectivity index (χ1v) is 7.82. The lowest BCUT2D eigenvalue weighted by Gasteiger charge is -2.33. The van der Waals surface area contributed by atoms with Crippen molar-refractivity contribution in [1.82, 2.24) is 25.0 Å². The molecular weight excluding hydrogens is 250 g/mol. The Labute approximate surface area is 122 Å². The molecule has 114 valence electrons. The molecule has 0 radical (unpaired) electrons. The summed E-state index contributed by atoms with van der Waals surface area (Å²) in [6.45, 7) is 14.2. The summed E-state index contributed by atoms with van der Waals surface area (Å²) in [5.74, 6) is 1.91. The van der Waals surface area contributed by atoms with E-state index in [9.17, 15) is 0 Å². The maximum Gasteiger partial charge on any atom is 0.140 e. The molecule has 2 heterocycles. The Morgan fingerprint density at radius 2 is 2.00 bits per heavy atom. The fourth-order valence-electron chi connectivity index (χ4n) is 2.67. The third-order valence-corrected chi connectivity index (χ3v) is 3.99. The van der Waals surface area contributed by atoms with E-state index in [2.05, 4.69) is 48.0 Å². The minimum atomic E-state index is 0.231. The molecule has 1 fully saturated rings. The van der Waals surface area contributed by atoms with Crippen LogP contribution in [0.15, 0.2) is 6.33 Å². The summed E-state index contributed by atoms with van der Waals surface area (Å²) in [5.41, 5.74) is 0.231. The number of aromatic nitrogens is 3. The fourth-order valence-corrected chi connectivity index (χ4v) is 2.67. The highest BCUT2D eigenvalue weighted by Crippen LogP contribution is 2.18. The molecular formula is C15H29N5. The molecule has 0 unspecified atom stereocenters. The molecule has 1 aliphatic rings. The Hall–Kier alpha value is -0.940. The zero-order valence-corrected chi connectivity index (χ0v) is 13.4. The number of hydrogen-bond acceptors (Lipinski definition) is 4. The van der Waals surface area contributed by atoms with Gasteiger partial charge in [0.2, 0.25) is 0 Å². The van der Waals surface area contributed by atoms with Gasteiger partial charge in [-0.2, -0.15) is 5.10 Å². The van der Waals surface area contributed by atoms with Crippen LogP contribution < -0.4 is 5.32 Å². The smallest absolute Gasteiger partial charge is 0.140 e. The predicted octanol–water partition coefficient (Wildman–Crippen LogP) is 1.90. The van der Waals surface area contributed by atoms with Crippen LogP contribution in [0.25, 0.3) is 0 Å². The van der Waals surface area contributed by atoms with Crippen molar-refractivity contribution in [2.45, 2.75) is 59.2 Å². The van der Waals surface area contributed by atoms with Gasteiger partial charge < -0.3 is 5.32 Å². The van der Waals surface area contributed by atoms with E-state index in [1.165, 1.54) is 25.9 Å². The summed E-state index contributed by atoms with van der Waals surface area (Å²) in [7, 11) is 0. The van der Waals surface area contributed by atoms with Crippen LogP contribution in [0.2, 0.25) is 0 Å². The third-order valence-electron chi connectivity index (χ3n) is 3.99. The van der Waals surface area contributed by atoms with Gasteiger partial charge in [-0.05, 0) is 66.1 Å². The first kappa shape index (κ1) is 15.4. The number of nitrogens with one attached hydrogen (secondary N) is 1. The van der Waals surface area contributed by atoms with Crippen LogP contribution in [0.3, 0.4) is 0 Å². The minimum absolute atomic E-state index is 0.231. The maximum atomic E-state index is 4.37. The van der Waals surface area contributed by atoms with E-state index in [-0.39, 0.29) is 5.54 Å². The average Bonchev–Trinajstić information content (AvgIpc) is 2.84. The van der Waals surface area contributed by atoms with Crippen molar-refractivity contribution >= 4 is 0 Å². The lowest BCUT2D eigenvalue weighted by atomic mass is 9.95. The Balaban J connectivity index is 1.74. The molecule has 0 aromatic carbocycles. The van der Waals surface area contributed by atoms with E-state index in [1.807, 2.05) is 4.68 Å². The Morgan fingerprint density at radius 3 is 2.60 bits per heavy atom. The molecule has 1 aromatic rings. The van der Waals surface area contributed by atoms with Gasteiger partial charge in [0, 0.05) is 12.1 Å². The van der Waals surface area contributed by atoms with E-state index in [0.29, 0.717) is 0 Å². The molecule has 0 atom stereocenters. The van der Waals surface area contributed by atoms with Crippen molar-refractivity contribution in [2.24, 2.45) is 5.92 Å². The topological polar surface area (TPSA) is 46.0 Å². The van der Waals surface area contributed by atoms with Gasteiger partial charge in [0.25, 0.3) is 0 Å². The second kappa shape index (κ2) is 6.68. The standard InChI is InChI=1S/C15H29N5/c1-5-20-14(16-12-18-20)11-19-8-6-13(7-9-19)10-17-15(2,3)4/h12-13,17H,5-11H2,1-4H3. The van der Waals surface area contributed by atoms with Gasteiger partial charge in [-0.15, -0.1) is 0 Å². The third kappa shape index (κ3) is 4.56. The molecule has 0 aliphatic carbocycles. The van der Waals surface area contributed by atoms with Gasteiger partial charge in [-0.25, -0.2) is 9.67 Å². The number of likely N-dealkylation sites (tertiary alicyclic amines) is 1. The van der Waals surface area contributed by atoms with Crippen LogP contribution in [0.1, 0.15) is 46.4 Å². The molecule has 0 saturated carbocycles. The lowest BCUT2D eigenvalue weighted by molar-refractivity contribution is 0.165. The van der Waals surface area contributed by atoms with E-state index in [1.54, 1.807) is 6.33 Å².